The number of rotatable bonds is 7. The zero-order chi connectivity index (χ0) is 30.5. The third-order valence-electron chi connectivity index (χ3n) is 8.36. The number of esters is 1. The van der Waals surface area contributed by atoms with E-state index < -0.39 is 29.7 Å². The van der Waals surface area contributed by atoms with Gasteiger partial charge in [-0.1, -0.05) is 5.21 Å². The fraction of sp³-hybridized carbons (Fsp3) is 0.290. The Morgan fingerprint density at radius 2 is 1.64 bits per heavy atom. The number of ether oxygens (including phenoxy) is 6. The monoisotopic (exact) mass is 600 g/mol. The van der Waals surface area contributed by atoms with Crippen LogP contribution < -0.4 is 29.0 Å². The molecule has 0 radical (unpaired) electrons. The maximum atomic E-state index is 13.6. The maximum absolute atomic E-state index is 13.6. The van der Waals surface area contributed by atoms with Gasteiger partial charge < -0.3 is 38.8 Å². The topological polar surface area (TPSA) is 152 Å². The van der Waals surface area contributed by atoms with Gasteiger partial charge in [-0.05, 0) is 65.2 Å². The highest BCUT2D eigenvalue weighted by molar-refractivity contribution is 5.92. The quantitative estimate of drug-likeness (QED) is 0.301. The number of phenolic OH excluding ortho intramolecular Hbond substituents is 1. The molecule has 4 atom stereocenters. The Kier molecular flexibility index (Phi) is 6.64. The number of aromatic hydroxyl groups is 1. The first-order valence-corrected chi connectivity index (χ1v) is 13.8. The molecule has 13 heteroatoms. The van der Waals surface area contributed by atoms with Crippen molar-refractivity contribution in [2.45, 2.75) is 12.0 Å². The predicted octanol–water partition coefficient (Wildman–Crippen LogP) is 3.13. The van der Waals surface area contributed by atoms with Gasteiger partial charge in [0.2, 0.25) is 12.5 Å². The molecule has 3 aromatic carbocycles. The van der Waals surface area contributed by atoms with Crippen LogP contribution in [0.4, 0.5) is 0 Å². The van der Waals surface area contributed by atoms with E-state index in [4.69, 9.17) is 28.4 Å². The van der Waals surface area contributed by atoms with Crippen molar-refractivity contribution in [1.29, 1.82) is 0 Å². The minimum absolute atomic E-state index is 0.0549. The van der Waals surface area contributed by atoms with Crippen LogP contribution in [-0.2, 0) is 9.53 Å². The highest BCUT2D eigenvalue weighted by atomic mass is 16.7. The minimum Gasteiger partial charge on any atom is -0.508 e. The van der Waals surface area contributed by atoms with Gasteiger partial charge in [-0.15, -0.1) is 5.10 Å². The van der Waals surface area contributed by atoms with Crippen LogP contribution in [-0.4, -0.2) is 66.7 Å². The third-order valence-corrected chi connectivity index (χ3v) is 8.36. The molecule has 0 bridgehead atoms. The summed E-state index contributed by atoms with van der Waals surface area (Å²) >= 11 is 0. The number of benzene rings is 3. The van der Waals surface area contributed by atoms with Crippen molar-refractivity contribution in [1.82, 2.24) is 20.3 Å². The summed E-state index contributed by atoms with van der Waals surface area (Å²) < 4.78 is 35.3. The van der Waals surface area contributed by atoms with Crippen molar-refractivity contribution in [3.8, 4) is 40.2 Å². The predicted molar refractivity (Wildman–Crippen MR) is 152 cm³/mol. The molecular formula is C31H28N4O9. The fourth-order valence-electron chi connectivity index (χ4n) is 6.34. The molecule has 3 aliphatic rings. The molecule has 1 amide bonds. The number of hydrogen-bond donors (Lipinski definition) is 2. The number of cyclic esters (lactones) is 1. The second-order valence-corrected chi connectivity index (χ2v) is 10.6. The summed E-state index contributed by atoms with van der Waals surface area (Å²) in [5.74, 6) is 0.0753. The first-order valence-electron chi connectivity index (χ1n) is 13.8. The van der Waals surface area contributed by atoms with Crippen LogP contribution in [0, 0.1) is 11.8 Å². The lowest BCUT2D eigenvalue weighted by atomic mass is 9.65. The van der Waals surface area contributed by atoms with E-state index in [2.05, 4.69) is 15.6 Å². The molecule has 7 rings (SSSR count). The van der Waals surface area contributed by atoms with Gasteiger partial charge in [0, 0.05) is 11.8 Å². The van der Waals surface area contributed by atoms with E-state index in [9.17, 15) is 14.7 Å². The van der Waals surface area contributed by atoms with Crippen LogP contribution in [0.15, 0.2) is 54.7 Å². The third kappa shape index (κ3) is 4.39. The molecule has 1 aromatic heterocycles. The molecule has 226 valence electrons. The van der Waals surface area contributed by atoms with Gasteiger partial charge in [0.15, 0.2) is 28.7 Å². The molecule has 0 spiro atoms. The summed E-state index contributed by atoms with van der Waals surface area (Å²) in [5, 5.41) is 20.8. The van der Waals surface area contributed by atoms with Gasteiger partial charge in [0.05, 0.1) is 51.8 Å². The van der Waals surface area contributed by atoms with Crippen molar-refractivity contribution < 1.29 is 43.1 Å². The van der Waals surface area contributed by atoms with E-state index in [-0.39, 0.29) is 30.8 Å². The molecule has 13 nitrogen and oxygen atoms in total. The molecule has 2 aliphatic heterocycles. The second kappa shape index (κ2) is 10.7. The van der Waals surface area contributed by atoms with E-state index in [0.29, 0.717) is 34.4 Å². The number of nitrogens with one attached hydrogen (secondary N) is 1. The van der Waals surface area contributed by atoms with Crippen molar-refractivity contribution in [3.63, 3.8) is 0 Å². The Morgan fingerprint density at radius 3 is 2.30 bits per heavy atom. The number of aromatic nitrogens is 3. The molecule has 1 fully saturated rings. The van der Waals surface area contributed by atoms with E-state index in [0.717, 1.165) is 16.7 Å². The van der Waals surface area contributed by atoms with Crippen molar-refractivity contribution in [3.05, 3.63) is 77.1 Å². The highest BCUT2D eigenvalue weighted by Gasteiger charge is 2.53. The first-order chi connectivity index (χ1) is 21.4. The number of hydrogen-bond acceptors (Lipinski definition) is 11. The van der Waals surface area contributed by atoms with Crippen molar-refractivity contribution >= 4 is 11.9 Å². The van der Waals surface area contributed by atoms with Gasteiger partial charge >= 0.3 is 5.97 Å². The number of amides is 1. The number of fused-ring (bicyclic) bond motifs is 3. The smallest absolute Gasteiger partial charge is 0.310 e. The van der Waals surface area contributed by atoms with Crippen molar-refractivity contribution in [2.24, 2.45) is 11.8 Å². The molecule has 44 heavy (non-hydrogen) atoms. The van der Waals surface area contributed by atoms with Crippen LogP contribution in [0.2, 0.25) is 0 Å². The van der Waals surface area contributed by atoms with Crippen LogP contribution in [0.25, 0.3) is 5.69 Å². The Bertz CT molecular complexity index is 1750. The SMILES string of the molecule is COc1cc([C@@H]2c3cc4c(cc3[C@@H](NC(=O)c3cn(-c5ccc(O)cc5)nn3)[C@H]3COC(=O)[C@H]23)OCO4)cc(OC)c1OC. The van der Waals surface area contributed by atoms with E-state index in [1.165, 1.54) is 44.3 Å². The largest absolute Gasteiger partial charge is 0.508 e. The standard InChI is InChI=1S/C31H28N4O9/c1-39-24-8-15(9-25(40-2)29(24)41-3)26-18-10-22-23(44-14-43-22)11-19(18)28(20-13-42-31(38)27(20)26)32-30(37)21-12-35(34-33-21)16-4-6-17(36)7-5-16/h4-12,20,26-28,36H,13-14H2,1-3H3,(H,32,37)/t20-,26+,27-,28+/m0/s1. The van der Waals surface area contributed by atoms with Gasteiger partial charge in [-0.3, -0.25) is 9.59 Å². The average Bonchev–Trinajstić information content (AvgIpc) is 3.80. The number of carbonyl (C=O) groups excluding carboxylic acids is 2. The summed E-state index contributed by atoms with van der Waals surface area (Å²) in [4.78, 5) is 27.1. The summed E-state index contributed by atoms with van der Waals surface area (Å²) in [7, 11) is 4.59. The Hall–Kier alpha value is -5.46. The van der Waals surface area contributed by atoms with Gasteiger partial charge in [-0.25, -0.2) is 4.68 Å². The Labute approximate surface area is 251 Å². The number of carbonyl (C=O) groups is 2. The first kappa shape index (κ1) is 27.4. The van der Waals surface area contributed by atoms with Crippen LogP contribution >= 0.6 is 0 Å². The Balaban J connectivity index is 1.31. The average molecular weight is 601 g/mol. The minimum atomic E-state index is -0.649. The lowest BCUT2D eigenvalue weighted by molar-refractivity contribution is -0.141. The summed E-state index contributed by atoms with van der Waals surface area (Å²) in [6.45, 7) is 0.156. The number of methoxy groups -OCH3 is 3. The summed E-state index contributed by atoms with van der Waals surface area (Å²) in [6, 6.07) is 13.1. The lowest BCUT2D eigenvalue weighted by Crippen LogP contribution is -2.43. The van der Waals surface area contributed by atoms with E-state index >= 15 is 0 Å². The molecule has 3 heterocycles. The number of nitrogens with zero attached hydrogens (tertiary/aromatic N) is 3. The molecule has 1 aliphatic carbocycles. The second-order valence-electron chi connectivity index (χ2n) is 10.6. The van der Waals surface area contributed by atoms with E-state index in [1.54, 1.807) is 12.1 Å². The molecule has 0 saturated carbocycles. The maximum Gasteiger partial charge on any atom is 0.310 e. The summed E-state index contributed by atoms with van der Waals surface area (Å²) in [6.07, 6.45) is 1.50. The molecular weight excluding hydrogens is 572 g/mol. The van der Waals surface area contributed by atoms with Gasteiger partial charge in [0.25, 0.3) is 5.91 Å². The normalized spacial score (nSPS) is 21.2. The lowest BCUT2D eigenvalue weighted by Gasteiger charge is -2.39. The zero-order valence-electron chi connectivity index (χ0n) is 24.0. The van der Waals surface area contributed by atoms with Gasteiger partial charge in [0.1, 0.15) is 5.75 Å². The molecule has 1 saturated heterocycles. The molecule has 2 N–H and O–H groups in total. The van der Waals surface area contributed by atoms with Crippen LogP contribution in [0.1, 0.15) is 39.1 Å². The molecule has 4 aromatic rings. The van der Waals surface area contributed by atoms with Crippen molar-refractivity contribution in [2.75, 3.05) is 34.7 Å². The highest BCUT2D eigenvalue weighted by Crippen LogP contribution is 2.55. The Morgan fingerprint density at radius 1 is 0.955 bits per heavy atom. The van der Waals surface area contributed by atoms with Gasteiger partial charge in [-0.2, -0.15) is 0 Å². The summed E-state index contributed by atoms with van der Waals surface area (Å²) in [5.41, 5.74) is 2.96. The fourth-order valence-corrected chi connectivity index (χ4v) is 6.34. The van der Waals surface area contributed by atoms with Crippen LogP contribution in [0.3, 0.4) is 0 Å². The number of phenols is 1. The zero-order valence-corrected chi connectivity index (χ0v) is 24.0. The van der Waals surface area contributed by atoms with E-state index in [1.807, 2.05) is 24.3 Å². The van der Waals surface area contributed by atoms with Crippen LogP contribution in [0.5, 0.6) is 34.5 Å². The molecule has 0 unspecified atom stereocenters.